The van der Waals surface area contributed by atoms with Crippen LogP contribution in [0.15, 0.2) is 18.2 Å². The summed E-state index contributed by atoms with van der Waals surface area (Å²) in [6.07, 6.45) is -0.0315. The van der Waals surface area contributed by atoms with E-state index in [9.17, 15) is 24.6 Å². The third-order valence-corrected chi connectivity index (χ3v) is 2.41. The highest BCUT2D eigenvalue weighted by molar-refractivity contribution is 6.03. The second-order valence-electron chi connectivity index (χ2n) is 3.63. The van der Waals surface area contributed by atoms with Gasteiger partial charge in [-0.3, -0.25) is 9.59 Å². The maximum Gasteiger partial charge on any atom is 0.367 e. The molecule has 2 N–H and O–H groups in total. The van der Waals surface area contributed by atoms with Gasteiger partial charge in [0.25, 0.3) is 11.8 Å². The van der Waals surface area contributed by atoms with Crippen molar-refractivity contribution in [3.63, 3.8) is 0 Å². The van der Waals surface area contributed by atoms with Crippen LogP contribution >= 0.6 is 0 Å². The summed E-state index contributed by atoms with van der Waals surface area (Å²) < 4.78 is 0. The lowest BCUT2D eigenvalue weighted by Crippen LogP contribution is -2.32. The number of carbonyl (C=O) groups excluding carboxylic acids is 3. The fraction of sp³-hybridized carbons (Fsp3) is 0.182. The number of amides is 2. The Morgan fingerprint density at radius 3 is 2.39 bits per heavy atom. The summed E-state index contributed by atoms with van der Waals surface area (Å²) in [5.74, 6) is -3.49. The first-order chi connectivity index (χ1) is 8.50. The SMILES string of the molecule is O=C(ON1C(=O)CCC1=O)c1cccc(O)c1O. The second-order valence-corrected chi connectivity index (χ2v) is 3.63. The maximum absolute atomic E-state index is 11.6. The number of hydroxylamine groups is 2. The minimum absolute atomic E-state index is 0.0157. The van der Waals surface area contributed by atoms with E-state index in [4.69, 9.17) is 0 Å². The number of rotatable bonds is 2. The zero-order valence-electron chi connectivity index (χ0n) is 9.12. The number of para-hydroxylation sites is 1. The monoisotopic (exact) mass is 251 g/mol. The average molecular weight is 251 g/mol. The van der Waals surface area contributed by atoms with Crippen molar-refractivity contribution in [2.24, 2.45) is 0 Å². The molecule has 2 amide bonds. The Labute approximate surface area is 101 Å². The van der Waals surface area contributed by atoms with Gasteiger partial charge in [0.05, 0.1) is 0 Å². The quantitative estimate of drug-likeness (QED) is 0.579. The number of phenolic OH excluding ortho intramolecular Hbond substituents is 2. The van der Waals surface area contributed by atoms with Crippen molar-refractivity contribution in [3.8, 4) is 11.5 Å². The summed E-state index contributed by atoms with van der Waals surface area (Å²) in [4.78, 5) is 38.6. The highest BCUT2D eigenvalue weighted by atomic mass is 16.7. The third-order valence-electron chi connectivity index (χ3n) is 2.41. The van der Waals surface area contributed by atoms with Crippen LogP contribution in [0.4, 0.5) is 0 Å². The Balaban J connectivity index is 2.20. The summed E-state index contributed by atoms with van der Waals surface area (Å²) >= 11 is 0. The Bertz CT molecular complexity index is 522. The lowest BCUT2D eigenvalue weighted by atomic mass is 10.2. The van der Waals surface area contributed by atoms with Gasteiger partial charge in [0, 0.05) is 12.8 Å². The Morgan fingerprint density at radius 1 is 1.17 bits per heavy atom. The van der Waals surface area contributed by atoms with Gasteiger partial charge in [-0.25, -0.2) is 4.79 Å². The summed E-state index contributed by atoms with van der Waals surface area (Å²) in [6, 6.07) is 3.69. The van der Waals surface area contributed by atoms with Gasteiger partial charge in [-0.15, -0.1) is 5.06 Å². The van der Waals surface area contributed by atoms with Crippen molar-refractivity contribution >= 4 is 17.8 Å². The summed E-state index contributed by atoms with van der Waals surface area (Å²) in [6.45, 7) is 0. The Kier molecular flexibility index (Phi) is 2.88. The van der Waals surface area contributed by atoms with Gasteiger partial charge in [-0.2, -0.15) is 0 Å². The van der Waals surface area contributed by atoms with Crippen molar-refractivity contribution < 1.29 is 29.4 Å². The predicted molar refractivity (Wildman–Crippen MR) is 56.3 cm³/mol. The first kappa shape index (κ1) is 11.9. The highest BCUT2D eigenvalue weighted by Crippen LogP contribution is 2.29. The van der Waals surface area contributed by atoms with Gasteiger partial charge in [-0.05, 0) is 12.1 Å². The largest absolute Gasteiger partial charge is 0.504 e. The van der Waals surface area contributed by atoms with E-state index < -0.39 is 29.3 Å². The van der Waals surface area contributed by atoms with E-state index in [1.54, 1.807) is 0 Å². The van der Waals surface area contributed by atoms with Gasteiger partial charge in [-0.1, -0.05) is 6.07 Å². The smallest absolute Gasteiger partial charge is 0.367 e. The van der Waals surface area contributed by atoms with Gasteiger partial charge in [0.1, 0.15) is 5.56 Å². The molecule has 0 bridgehead atoms. The molecule has 1 aliphatic heterocycles. The normalized spacial score (nSPS) is 15.0. The number of imide groups is 1. The maximum atomic E-state index is 11.6. The number of nitrogens with zero attached hydrogens (tertiary/aromatic N) is 1. The second kappa shape index (κ2) is 4.36. The van der Waals surface area contributed by atoms with E-state index in [2.05, 4.69) is 4.84 Å². The van der Waals surface area contributed by atoms with Crippen LogP contribution in [0.25, 0.3) is 0 Å². The van der Waals surface area contributed by atoms with E-state index in [0.29, 0.717) is 5.06 Å². The first-order valence-electron chi connectivity index (χ1n) is 5.09. The summed E-state index contributed by atoms with van der Waals surface area (Å²) in [5, 5.41) is 19.0. The minimum atomic E-state index is -1.09. The van der Waals surface area contributed by atoms with E-state index in [-0.39, 0.29) is 18.4 Å². The van der Waals surface area contributed by atoms with Gasteiger partial charge < -0.3 is 15.1 Å². The molecule has 0 spiro atoms. The highest BCUT2D eigenvalue weighted by Gasteiger charge is 2.33. The molecule has 1 aromatic rings. The van der Waals surface area contributed by atoms with Gasteiger partial charge >= 0.3 is 5.97 Å². The lowest BCUT2D eigenvalue weighted by Gasteiger charge is -2.13. The molecule has 1 saturated heterocycles. The van der Waals surface area contributed by atoms with Crippen molar-refractivity contribution in [1.82, 2.24) is 5.06 Å². The number of aromatic hydroxyl groups is 2. The van der Waals surface area contributed by atoms with E-state index in [0.717, 1.165) is 0 Å². The predicted octanol–water partition coefficient (Wildman–Crippen LogP) is 0.319. The molecule has 0 atom stereocenters. The molecule has 94 valence electrons. The standard InChI is InChI=1S/C11H9NO6/c13-7-3-1-2-6(10(7)16)11(17)18-12-8(14)4-5-9(12)15/h1-3,13,16H,4-5H2. The number of phenols is 2. The summed E-state index contributed by atoms with van der Waals surface area (Å²) in [7, 11) is 0. The van der Waals surface area contributed by atoms with Crippen LogP contribution in [-0.2, 0) is 14.4 Å². The molecule has 1 aromatic carbocycles. The molecule has 0 saturated carbocycles. The van der Waals surface area contributed by atoms with E-state index >= 15 is 0 Å². The van der Waals surface area contributed by atoms with Crippen molar-refractivity contribution in [3.05, 3.63) is 23.8 Å². The molecule has 0 unspecified atom stereocenters. The van der Waals surface area contributed by atoms with Crippen LogP contribution in [0, 0.1) is 0 Å². The van der Waals surface area contributed by atoms with Crippen LogP contribution in [0.5, 0.6) is 11.5 Å². The molecule has 2 rings (SSSR count). The van der Waals surface area contributed by atoms with Crippen molar-refractivity contribution in [2.45, 2.75) is 12.8 Å². The van der Waals surface area contributed by atoms with Crippen molar-refractivity contribution in [2.75, 3.05) is 0 Å². The molecule has 1 heterocycles. The molecular weight excluding hydrogens is 242 g/mol. The topological polar surface area (TPSA) is 104 Å². The molecule has 7 heteroatoms. The average Bonchev–Trinajstić information content (AvgIpc) is 2.64. The van der Waals surface area contributed by atoms with Gasteiger partial charge in [0.15, 0.2) is 11.5 Å². The van der Waals surface area contributed by atoms with E-state index in [1.165, 1.54) is 18.2 Å². The molecule has 7 nitrogen and oxygen atoms in total. The Morgan fingerprint density at radius 2 is 1.78 bits per heavy atom. The zero-order valence-corrected chi connectivity index (χ0v) is 9.12. The third kappa shape index (κ3) is 1.97. The van der Waals surface area contributed by atoms with Gasteiger partial charge in [0.2, 0.25) is 0 Å². The van der Waals surface area contributed by atoms with Crippen LogP contribution in [0.2, 0.25) is 0 Å². The lowest BCUT2D eigenvalue weighted by molar-refractivity contribution is -0.172. The van der Waals surface area contributed by atoms with Crippen LogP contribution in [0.3, 0.4) is 0 Å². The van der Waals surface area contributed by atoms with E-state index in [1.807, 2.05) is 0 Å². The number of hydrogen-bond acceptors (Lipinski definition) is 6. The fourth-order valence-corrected chi connectivity index (χ4v) is 1.49. The molecule has 18 heavy (non-hydrogen) atoms. The number of carbonyl (C=O) groups is 3. The first-order valence-corrected chi connectivity index (χ1v) is 5.09. The van der Waals surface area contributed by atoms with Crippen molar-refractivity contribution in [1.29, 1.82) is 0 Å². The number of hydrogen-bond donors (Lipinski definition) is 2. The molecule has 0 aromatic heterocycles. The van der Waals surface area contributed by atoms with Crippen LogP contribution in [0.1, 0.15) is 23.2 Å². The molecule has 1 aliphatic rings. The molecule has 0 aliphatic carbocycles. The molecule has 0 radical (unpaired) electrons. The molecular formula is C11H9NO6. The summed E-state index contributed by atoms with van der Waals surface area (Å²) in [5.41, 5.74) is -0.331. The molecule has 1 fully saturated rings. The minimum Gasteiger partial charge on any atom is -0.504 e. The van der Waals surface area contributed by atoms with Crippen LogP contribution < -0.4 is 0 Å². The Hall–Kier alpha value is -2.57. The fourth-order valence-electron chi connectivity index (χ4n) is 1.49. The number of benzene rings is 1. The van der Waals surface area contributed by atoms with Crippen LogP contribution in [-0.4, -0.2) is 33.1 Å². The zero-order chi connectivity index (χ0) is 13.3.